The van der Waals surface area contributed by atoms with Crippen LogP contribution in [0.1, 0.15) is 15.9 Å². The molecule has 0 saturated carbocycles. The Labute approximate surface area is 120 Å². The maximum Gasteiger partial charge on any atom is 0.254 e. The summed E-state index contributed by atoms with van der Waals surface area (Å²) in [5.41, 5.74) is 1.89. The van der Waals surface area contributed by atoms with Gasteiger partial charge in [0.05, 0.1) is 18.4 Å². The van der Waals surface area contributed by atoms with E-state index in [-0.39, 0.29) is 18.4 Å². The minimum absolute atomic E-state index is 0.119. The van der Waals surface area contributed by atoms with E-state index in [0.29, 0.717) is 16.3 Å². The second kappa shape index (κ2) is 6.25. The second-order valence-corrected chi connectivity index (χ2v) is 4.64. The molecule has 0 aliphatic rings. The van der Waals surface area contributed by atoms with Crippen molar-refractivity contribution < 1.29 is 14.0 Å². The fourth-order valence-corrected chi connectivity index (χ4v) is 1.84. The van der Waals surface area contributed by atoms with Gasteiger partial charge in [-0.1, -0.05) is 11.6 Å². The van der Waals surface area contributed by atoms with Crippen molar-refractivity contribution in [2.24, 2.45) is 0 Å². The van der Waals surface area contributed by atoms with Crippen LogP contribution in [0.15, 0.2) is 41.2 Å². The topological polar surface area (TPSA) is 71.3 Å². The van der Waals surface area contributed by atoms with Crippen LogP contribution in [-0.4, -0.2) is 18.4 Å². The molecule has 2 rings (SSSR count). The predicted molar refractivity (Wildman–Crippen MR) is 75.9 cm³/mol. The molecule has 6 heteroatoms. The fraction of sp³-hybridized carbons (Fsp3) is 0.143. The monoisotopic (exact) mass is 292 g/mol. The standard InChI is InChI=1S/C14H13ClN2O3/c1-9-6-11(15)2-3-12(9)17-13(18)7-16-14(19)10-4-5-20-8-10/h2-6,8H,7H2,1H3,(H,16,19)(H,17,18). The molecule has 0 unspecified atom stereocenters. The van der Waals surface area contributed by atoms with E-state index in [1.165, 1.54) is 18.6 Å². The first-order valence-electron chi connectivity index (χ1n) is 5.92. The summed E-state index contributed by atoms with van der Waals surface area (Å²) in [6, 6.07) is 6.68. The molecule has 0 spiro atoms. The average Bonchev–Trinajstić information content (AvgIpc) is 2.93. The number of nitrogens with one attached hydrogen (secondary N) is 2. The number of halogens is 1. The largest absolute Gasteiger partial charge is 0.472 e. The minimum atomic E-state index is -0.360. The summed E-state index contributed by atoms with van der Waals surface area (Å²) in [6.07, 6.45) is 2.71. The van der Waals surface area contributed by atoms with Gasteiger partial charge in [0, 0.05) is 10.7 Å². The number of carbonyl (C=O) groups excluding carboxylic acids is 2. The summed E-state index contributed by atoms with van der Waals surface area (Å²) < 4.78 is 4.79. The zero-order valence-electron chi connectivity index (χ0n) is 10.8. The van der Waals surface area contributed by atoms with Gasteiger partial charge < -0.3 is 15.1 Å². The quantitative estimate of drug-likeness (QED) is 0.910. The van der Waals surface area contributed by atoms with Crippen LogP contribution in [0.3, 0.4) is 0 Å². The molecule has 1 heterocycles. The average molecular weight is 293 g/mol. The number of furan rings is 1. The van der Waals surface area contributed by atoms with E-state index in [1.807, 2.05) is 6.92 Å². The predicted octanol–water partition coefficient (Wildman–Crippen LogP) is 2.61. The summed E-state index contributed by atoms with van der Waals surface area (Å²) in [5.74, 6) is -0.672. The summed E-state index contributed by atoms with van der Waals surface area (Å²) in [7, 11) is 0. The van der Waals surface area contributed by atoms with Crippen LogP contribution in [0, 0.1) is 6.92 Å². The molecule has 104 valence electrons. The maximum absolute atomic E-state index is 11.7. The zero-order chi connectivity index (χ0) is 14.5. The molecule has 2 N–H and O–H groups in total. The fourth-order valence-electron chi connectivity index (χ4n) is 1.62. The highest BCUT2D eigenvalue weighted by atomic mass is 35.5. The Hall–Kier alpha value is -2.27. The van der Waals surface area contributed by atoms with Gasteiger partial charge in [-0.3, -0.25) is 9.59 Å². The van der Waals surface area contributed by atoms with E-state index in [9.17, 15) is 9.59 Å². The highest BCUT2D eigenvalue weighted by molar-refractivity contribution is 6.30. The SMILES string of the molecule is Cc1cc(Cl)ccc1NC(=O)CNC(=O)c1ccoc1. The Kier molecular flexibility index (Phi) is 4.42. The van der Waals surface area contributed by atoms with Crippen LogP contribution in [0.4, 0.5) is 5.69 Å². The minimum Gasteiger partial charge on any atom is -0.472 e. The van der Waals surface area contributed by atoms with Crippen molar-refractivity contribution in [3.05, 3.63) is 52.9 Å². The number of aryl methyl sites for hydroxylation is 1. The Morgan fingerprint density at radius 3 is 2.75 bits per heavy atom. The highest BCUT2D eigenvalue weighted by Gasteiger charge is 2.10. The smallest absolute Gasteiger partial charge is 0.254 e. The van der Waals surface area contributed by atoms with Crippen LogP contribution in [0.2, 0.25) is 5.02 Å². The summed E-state index contributed by atoms with van der Waals surface area (Å²) in [4.78, 5) is 23.3. The van der Waals surface area contributed by atoms with Gasteiger partial charge in [-0.15, -0.1) is 0 Å². The van der Waals surface area contributed by atoms with Crippen molar-refractivity contribution in [1.29, 1.82) is 0 Å². The van der Waals surface area contributed by atoms with Gasteiger partial charge in [-0.2, -0.15) is 0 Å². The third kappa shape index (κ3) is 3.61. The Morgan fingerprint density at radius 1 is 1.30 bits per heavy atom. The Balaban J connectivity index is 1.88. The number of benzene rings is 1. The molecule has 0 saturated heterocycles. The Morgan fingerprint density at radius 2 is 2.10 bits per heavy atom. The highest BCUT2D eigenvalue weighted by Crippen LogP contribution is 2.19. The molecule has 5 nitrogen and oxygen atoms in total. The summed E-state index contributed by atoms with van der Waals surface area (Å²) >= 11 is 5.83. The molecular weight excluding hydrogens is 280 g/mol. The van der Waals surface area contributed by atoms with Crippen molar-refractivity contribution in [2.75, 3.05) is 11.9 Å². The molecule has 0 radical (unpaired) electrons. The summed E-state index contributed by atoms with van der Waals surface area (Å²) in [5, 5.41) is 5.81. The lowest BCUT2D eigenvalue weighted by Crippen LogP contribution is -2.32. The lowest BCUT2D eigenvalue weighted by molar-refractivity contribution is -0.115. The number of hydrogen-bond donors (Lipinski definition) is 2. The molecule has 1 aromatic carbocycles. The number of anilines is 1. The van der Waals surface area contributed by atoms with Crippen LogP contribution < -0.4 is 10.6 Å². The van der Waals surface area contributed by atoms with Crippen molar-refractivity contribution >= 4 is 29.1 Å². The Bertz CT molecular complexity index is 623. The molecule has 20 heavy (non-hydrogen) atoms. The third-order valence-electron chi connectivity index (χ3n) is 2.66. The molecule has 0 fully saturated rings. The molecule has 2 aromatic rings. The maximum atomic E-state index is 11.7. The van der Waals surface area contributed by atoms with Crippen LogP contribution in [0.5, 0.6) is 0 Å². The molecular formula is C14H13ClN2O3. The first-order valence-corrected chi connectivity index (χ1v) is 6.30. The normalized spacial score (nSPS) is 10.1. The molecule has 0 aliphatic heterocycles. The van der Waals surface area contributed by atoms with Crippen LogP contribution in [0.25, 0.3) is 0 Å². The van der Waals surface area contributed by atoms with E-state index in [4.69, 9.17) is 16.0 Å². The van der Waals surface area contributed by atoms with Crippen molar-refractivity contribution in [1.82, 2.24) is 5.32 Å². The van der Waals surface area contributed by atoms with Gasteiger partial charge in [0.1, 0.15) is 6.26 Å². The number of rotatable bonds is 4. The van der Waals surface area contributed by atoms with E-state index >= 15 is 0 Å². The van der Waals surface area contributed by atoms with Gasteiger partial charge in [0.15, 0.2) is 0 Å². The second-order valence-electron chi connectivity index (χ2n) is 4.20. The van der Waals surface area contributed by atoms with Gasteiger partial charge in [-0.05, 0) is 36.8 Å². The molecule has 1 aromatic heterocycles. The number of amides is 2. The zero-order valence-corrected chi connectivity index (χ0v) is 11.5. The number of hydrogen-bond acceptors (Lipinski definition) is 3. The molecule has 0 aliphatic carbocycles. The third-order valence-corrected chi connectivity index (χ3v) is 2.89. The van der Waals surface area contributed by atoms with Crippen molar-refractivity contribution in [3.8, 4) is 0 Å². The van der Waals surface area contributed by atoms with Gasteiger partial charge in [0.25, 0.3) is 5.91 Å². The van der Waals surface area contributed by atoms with Crippen molar-refractivity contribution in [3.63, 3.8) is 0 Å². The van der Waals surface area contributed by atoms with Crippen LogP contribution in [-0.2, 0) is 4.79 Å². The van der Waals surface area contributed by atoms with Gasteiger partial charge in [0.2, 0.25) is 5.91 Å². The van der Waals surface area contributed by atoms with E-state index < -0.39 is 0 Å². The van der Waals surface area contributed by atoms with E-state index in [0.717, 1.165) is 5.56 Å². The molecule has 0 bridgehead atoms. The number of carbonyl (C=O) groups is 2. The van der Waals surface area contributed by atoms with Gasteiger partial charge >= 0.3 is 0 Å². The van der Waals surface area contributed by atoms with Crippen molar-refractivity contribution in [2.45, 2.75) is 6.92 Å². The molecule has 0 atom stereocenters. The van der Waals surface area contributed by atoms with Gasteiger partial charge in [-0.25, -0.2) is 0 Å². The first kappa shape index (κ1) is 14.1. The first-order chi connectivity index (χ1) is 9.56. The molecule has 2 amide bonds. The lowest BCUT2D eigenvalue weighted by Gasteiger charge is -2.09. The van der Waals surface area contributed by atoms with Crippen LogP contribution >= 0.6 is 11.6 Å². The van der Waals surface area contributed by atoms with E-state index in [1.54, 1.807) is 18.2 Å². The lowest BCUT2D eigenvalue weighted by atomic mass is 10.2. The van der Waals surface area contributed by atoms with E-state index in [2.05, 4.69) is 10.6 Å². The summed E-state index contributed by atoms with van der Waals surface area (Å²) in [6.45, 7) is 1.72.